The fourth-order valence-corrected chi connectivity index (χ4v) is 4.28. The molecule has 0 aromatic heterocycles. The van der Waals surface area contributed by atoms with Crippen LogP contribution in [0.15, 0.2) is 18.2 Å². The summed E-state index contributed by atoms with van der Waals surface area (Å²) in [7, 11) is -3.31. The number of carbonyl (C=O) groups is 1. The SMILES string of the molecule is CCCS(=O)(=O)N1CCCc2ccc(NC(=O)COCC)cc21. The van der Waals surface area contributed by atoms with Gasteiger partial charge in [-0.15, -0.1) is 0 Å². The number of nitrogens with one attached hydrogen (secondary N) is 1. The van der Waals surface area contributed by atoms with E-state index in [1.165, 1.54) is 4.31 Å². The summed E-state index contributed by atoms with van der Waals surface area (Å²) >= 11 is 0. The second-order valence-electron chi connectivity index (χ2n) is 5.52. The van der Waals surface area contributed by atoms with E-state index in [1.54, 1.807) is 12.1 Å². The molecule has 7 heteroatoms. The quantitative estimate of drug-likeness (QED) is 0.825. The number of anilines is 2. The van der Waals surface area contributed by atoms with E-state index < -0.39 is 10.0 Å². The van der Waals surface area contributed by atoms with E-state index in [0.717, 1.165) is 18.4 Å². The van der Waals surface area contributed by atoms with Crippen molar-refractivity contribution in [1.29, 1.82) is 0 Å². The smallest absolute Gasteiger partial charge is 0.250 e. The normalized spacial score (nSPS) is 14.4. The summed E-state index contributed by atoms with van der Waals surface area (Å²) in [5.74, 6) is -0.113. The van der Waals surface area contributed by atoms with Crippen LogP contribution in [0.1, 0.15) is 32.3 Å². The molecular weight excluding hydrogens is 316 g/mol. The van der Waals surface area contributed by atoms with Crippen LogP contribution in [0.25, 0.3) is 0 Å². The van der Waals surface area contributed by atoms with E-state index in [4.69, 9.17) is 4.74 Å². The van der Waals surface area contributed by atoms with Gasteiger partial charge in [-0.3, -0.25) is 9.10 Å². The lowest BCUT2D eigenvalue weighted by atomic mass is 10.0. The Kier molecular flexibility index (Phi) is 6.01. The molecule has 1 aliphatic rings. The molecule has 0 unspecified atom stereocenters. The minimum absolute atomic E-state index is 0.00850. The van der Waals surface area contributed by atoms with E-state index in [0.29, 0.717) is 30.9 Å². The number of amides is 1. The Morgan fingerprint density at radius 2 is 2.13 bits per heavy atom. The van der Waals surface area contributed by atoms with Crippen LogP contribution >= 0.6 is 0 Å². The summed E-state index contributed by atoms with van der Waals surface area (Å²) in [6.45, 7) is 4.63. The molecule has 0 radical (unpaired) electrons. The second kappa shape index (κ2) is 7.79. The average molecular weight is 340 g/mol. The monoisotopic (exact) mass is 340 g/mol. The molecule has 128 valence electrons. The number of hydrogen-bond acceptors (Lipinski definition) is 4. The van der Waals surface area contributed by atoms with Gasteiger partial charge >= 0.3 is 0 Å². The molecule has 0 saturated heterocycles. The van der Waals surface area contributed by atoms with Crippen molar-refractivity contribution in [2.45, 2.75) is 33.1 Å². The molecule has 0 atom stereocenters. The lowest BCUT2D eigenvalue weighted by Gasteiger charge is -2.31. The molecule has 0 fully saturated rings. The minimum Gasteiger partial charge on any atom is -0.372 e. The molecule has 6 nitrogen and oxygen atoms in total. The number of aryl methyl sites for hydroxylation is 1. The van der Waals surface area contributed by atoms with Crippen LogP contribution in [0.5, 0.6) is 0 Å². The highest BCUT2D eigenvalue weighted by Crippen LogP contribution is 2.32. The van der Waals surface area contributed by atoms with Gasteiger partial charge in [0.2, 0.25) is 15.9 Å². The van der Waals surface area contributed by atoms with Gasteiger partial charge in [0.25, 0.3) is 0 Å². The molecule has 0 bridgehead atoms. The van der Waals surface area contributed by atoms with Crippen LogP contribution in [-0.4, -0.2) is 39.8 Å². The van der Waals surface area contributed by atoms with Crippen LogP contribution in [0.4, 0.5) is 11.4 Å². The van der Waals surface area contributed by atoms with Gasteiger partial charge in [0.1, 0.15) is 6.61 Å². The van der Waals surface area contributed by atoms with Crippen molar-refractivity contribution in [2.75, 3.05) is 35.1 Å². The second-order valence-corrected chi connectivity index (χ2v) is 7.53. The van der Waals surface area contributed by atoms with Gasteiger partial charge in [-0.05, 0) is 43.9 Å². The first-order chi connectivity index (χ1) is 11.0. The third kappa shape index (κ3) is 4.45. The van der Waals surface area contributed by atoms with Gasteiger partial charge in [0.15, 0.2) is 0 Å². The highest BCUT2D eigenvalue weighted by Gasteiger charge is 2.27. The first kappa shape index (κ1) is 17.7. The highest BCUT2D eigenvalue weighted by atomic mass is 32.2. The highest BCUT2D eigenvalue weighted by molar-refractivity contribution is 7.92. The van der Waals surface area contributed by atoms with E-state index in [-0.39, 0.29) is 18.3 Å². The van der Waals surface area contributed by atoms with Crippen molar-refractivity contribution < 1.29 is 17.9 Å². The summed E-state index contributed by atoms with van der Waals surface area (Å²) in [5.41, 5.74) is 2.27. The number of fused-ring (bicyclic) bond motifs is 1. The zero-order valence-electron chi connectivity index (χ0n) is 13.7. The van der Waals surface area contributed by atoms with Crippen molar-refractivity contribution >= 4 is 27.3 Å². The van der Waals surface area contributed by atoms with Crippen LogP contribution in [0.2, 0.25) is 0 Å². The number of hydrogen-bond donors (Lipinski definition) is 1. The topological polar surface area (TPSA) is 75.7 Å². The Morgan fingerprint density at radius 3 is 2.83 bits per heavy atom. The molecule has 2 rings (SSSR count). The summed E-state index contributed by atoms with van der Waals surface area (Å²) < 4.78 is 31.4. The number of benzene rings is 1. The maximum Gasteiger partial charge on any atom is 0.250 e. The molecule has 1 aliphatic heterocycles. The zero-order chi connectivity index (χ0) is 16.9. The molecule has 0 saturated carbocycles. The third-order valence-electron chi connectivity index (χ3n) is 3.68. The van der Waals surface area contributed by atoms with Crippen molar-refractivity contribution in [3.05, 3.63) is 23.8 Å². The van der Waals surface area contributed by atoms with E-state index in [9.17, 15) is 13.2 Å². The van der Waals surface area contributed by atoms with Gasteiger partial charge in [0.05, 0.1) is 11.4 Å². The Balaban J connectivity index is 2.24. The fourth-order valence-electron chi connectivity index (χ4n) is 2.67. The summed E-state index contributed by atoms with van der Waals surface area (Å²) in [6.07, 6.45) is 2.24. The van der Waals surface area contributed by atoms with Crippen LogP contribution in [-0.2, 0) is 26.0 Å². The van der Waals surface area contributed by atoms with Crippen molar-refractivity contribution in [2.24, 2.45) is 0 Å². The Hall–Kier alpha value is -1.60. The zero-order valence-corrected chi connectivity index (χ0v) is 14.5. The molecular formula is C16H24N2O4S. The van der Waals surface area contributed by atoms with Gasteiger partial charge in [-0.2, -0.15) is 0 Å². The van der Waals surface area contributed by atoms with E-state index in [1.807, 2.05) is 19.9 Å². The van der Waals surface area contributed by atoms with Crippen molar-refractivity contribution in [1.82, 2.24) is 0 Å². The molecule has 23 heavy (non-hydrogen) atoms. The molecule has 1 aromatic rings. The fraction of sp³-hybridized carbons (Fsp3) is 0.562. The first-order valence-corrected chi connectivity index (χ1v) is 9.59. The summed E-state index contributed by atoms with van der Waals surface area (Å²) in [6, 6.07) is 5.43. The number of ether oxygens (including phenoxy) is 1. The largest absolute Gasteiger partial charge is 0.372 e. The molecule has 1 heterocycles. The van der Waals surface area contributed by atoms with E-state index >= 15 is 0 Å². The van der Waals surface area contributed by atoms with Crippen molar-refractivity contribution in [3.8, 4) is 0 Å². The standard InChI is InChI=1S/C16H24N2O4S/c1-3-10-23(20,21)18-9-5-6-13-7-8-14(11-15(13)18)17-16(19)12-22-4-2/h7-8,11H,3-6,9-10,12H2,1-2H3,(H,17,19). The molecule has 1 aromatic carbocycles. The Bertz CT molecular complexity index is 658. The molecule has 0 spiro atoms. The Morgan fingerprint density at radius 1 is 1.35 bits per heavy atom. The number of rotatable bonds is 7. The van der Waals surface area contributed by atoms with Crippen molar-refractivity contribution in [3.63, 3.8) is 0 Å². The first-order valence-electron chi connectivity index (χ1n) is 7.99. The summed E-state index contributed by atoms with van der Waals surface area (Å²) in [4.78, 5) is 11.8. The lowest BCUT2D eigenvalue weighted by molar-refractivity contribution is -0.120. The van der Waals surface area contributed by atoms with Gasteiger partial charge in [-0.1, -0.05) is 13.0 Å². The predicted octanol–water partition coefficient (Wildman–Crippen LogP) is 2.15. The third-order valence-corrected chi connectivity index (χ3v) is 5.66. The number of carbonyl (C=O) groups excluding carboxylic acids is 1. The predicted molar refractivity (Wildman–Crippen MR) is 91.3 cm³/mol. The van der Waals surface area contributed by atoms with Gasteiger partial charge in [0, 0.05) is 18.8 Å². The number of nitrogens with zero attached hydrogens (tertiary/aromatic N) is 1. The number of sulfonamides is 1. The van der Waals surface area contributed by atoms with Crippen LogP contribution in [0.3, 0.4) is 0 Å². The van der Waals surface area contributed by atoms with Gasteiger partial charge in [-0.25, -0.2) is 8.42 Å². The average Bonchev–Trinajstić information content (AvgIpc) is 2.52. The Labute approximate surface area is 137 Å². The molecule has 1 N–H and O–H groups in total. The maximum atomic E-state index is 12.4. The maximum absolute atomic E-state index is 12.4. The summed E-state index contributed by atoms with van der Waals surface area (Å²) in [5, 5.41) is 2.75. The molecule has 0 aliphatic carbocycles. The van der Waals surface area contributed by atoms with Gasteiger partial charge < -0.3 is 10.1 Å². The molecule has 1 amide bonds. The van der Waals surface area contributed by atoms with Crippen LogP contribution < -0.4 is 9.62 Å². The van der Waals surface area contributed by atoms with E-state index in [2.05, 4.69) is 5.32 Å². The van der Waals surface area contributed by atoms with Crippen LogP contribution in [0, 0.1) is 0 Å². The lowest BCUT2D eigenvalue weighted by Crippen LogP contribution is -2.37. The minimum atomic E-state index is -3.31.